The highest BCUT2D eigenvalue weighted by Gasteiger charge is 2.29. The molecule has 5 rings (SSSR count). The molecule has 6 heteroatoms. The number of fused-ring (bicyclic) bond motifs is 2. The van der Waals surface area contributed by atoms with Crippen LogP contribution < -0.4 is 5.73 Å². The zero-order valence-electron chi connectivity index (χ0n) is 14.4. The Morgan fingerprint density at radius 1 is 1.15 bits per heavy atom. The number of para-hydroxylation sites is 1. The van der Waals surface area contributed by atoms with E-state index in [0.717, 1.165) is 46.3 Å². The maximum Gasteiger partial charge on any atom is 0.254 e. The van der Waals surface area contributed by atoms with Crippen LogP contribution in [0.1, 0.15) is 46.1 Å². The van der Waals surface area contributed by atoms with Crippen LogP contribution >= 0.6 is 0 Å². The Hall–Kier alpha value is -3.02. The number of carbonyl (C=O) groups is 1. The first-order chi connectivity index (χ1) is 12.7. The molecule has 0 atom stereocenters. The zero-order chi connectivity index (χ0) is 17.7. The van der Waals surface area contributed by atoms with Gasteiger partial charge >= 0.3 is 0 Å². The molecule has 1 aliphatic carbocycles. The van der Waals surface area contributed by atoms with Crippen LogP contribution in [0, 0.1) is 0 Å². The van der Waals surface area contributed by atoms with Crippen molar-refractivity contribution < 1.29 is 4.79 Å². The molecule has 1 amide bonds. The molecule has 0 radical (unpaired) electrons. The second-order valence-corrected chi connectivity index (χ2v) is 7.10. The molecule has 2 aliphatic rings. The number of aromatic nitrogens is 3. The highest BCUT2D eigenvalue weighted by molar-refractivity contribution is 6.06. The fourth-order valence-electron chi connectivity index (χ4n) is 3.65. The Morgan fingerprint density at radius 2 is 2.00 bits per heavy atom. The molecular weight excluding hydrogens is 326 g/mol. The molecule has 0 unspecified atom stereocenters. The van der Waals surface area contributed by atoms with Gasteiger partial charge in [-0.2, -0.15) is 5.10 Å². The lowest BCUT2D eigenvalue weighted by molar-refractivity contribution is 0.0735. The maximum absolute atomic E-state index is 13.3. The minimum absolute atomic E-state index is 0.0477. The summed E-state index contributed by atoms with van der Waals surface area (Å²) >= 11 is 0. The van der Waals surface area contributed by atoms with Crippen molar-refractivity contribution in [3.8, 4) is 0 Å². The van der Waals surface area contributed by atoms with Crippen LogP contribution in [-0.4, -0.2) is 32.5 Å². The second-order valence-electron chi connectivity index (χ2n) is 7.10. The molecule has 1 aliphatic heterocycles. The van der Waals surface area contributed by atoms with E-state index in [1.807, 2.05) is 41.3 Å². The molecule has 2 aromatic heterocycles. The topological polar surface area (TPSA) is 85.0 Å². The van der Waals surface area contributed by atoms with Crippen molar-refractivity contribution in [2.45, 2.75) is 31.7 Å². The van der Waals surface area contributed by atoms with Gasteiger partial charge < -0.3 is 10.6 Å². The smallest absolute Gasteiger partial charge is 0.254 e. The first kappa shape index (κ1) is 15.3. The normalized spacial score (nSPS) is 16.5. The Morgan fingerprint density at radius 3 is 2.85 bits per heavy atom. The molecule has 1 fully saturated rings. The van der Waals surface area contributed by atoms with Crippen molar-refractivity contribution in [2.75, 3.05) is 12.3 Å². The summed E-state index contributed by atoms with van der Waals surface area (Å²) in [6, 6.07) is 11.7. The average Bonchev–Trinajstić information content (AvgIpc) is 3.51. The summed E-state index contributed by atoms with van der Waals surface area (Å²) < 4.78 is 0. The number of pyridine rings is 1. The van der Waals surface area contributed by atoms with Crippen LogP contribution in [0.3, 0.4) is 0 Å². The Balaban J connectivity index is 1.54. The summed E-state index contributed by atoms with van der Waals surface area (Å²) in [5, 5.41) is 8.99. The van der Waals surface area contributed by atoms with E-state index in [0.29, 0.717) is 31.2 Å². The summed E-state index contributed by atoms with van der Waals surface area (Å²) in [4.78, 5) is 20.0. The molecule has 130 valence electrons. The highest BCUT2D eigenvalue weighted by atomic mass is 16.2. The van der Waals surface area contributed by atoms with Gasteiger partial charge in [-0.1, -0.05) is 18.2 Å². The Kier molecular flexibility index (Phi) is 3.38. The van der Waals surface area contributed by atoms with Crippen LogP contribution in [0.25, 0.3) is 10.9 Å². The van der Waals surface area contributed by atoms with E-state index >= 15 is 0 Å². The lowest BCUT2D eigenvalue weighted by Crippen LogP contribution is -2.36. The third-order valence-corrected chi connectivity index (χ3v) is 5.21. The van der Waals surface area contributed by atoms with Gasteiger partial charge in [0.1, 0.15) is 5.82 Å². The fourth-order valence-corrected chi connectivity index (χ4v) is 3.65. The van der Waals surface area contributed by atoms with Crippen molar-refractivity contribution in [3.63, 3.8) is 0 Å². The van der Waals surface area contributed by atoms with Crippen molar-refractivity contribution in [2.24, 2.45) is 0 Å². The number of nitrogen functional groups attached to an aromatic ring is 1. The van der Waals surface area contributed by atoms with Gasteiger partial charge in [0.15, 0.2) is 0 Å². The Bertz CT molecular complexity index is 1030. The Labute approximate surface area is 151 Å². The molecule has 3 heterocycles. The quantitative estimate of drug-likeness (QED) is 0.772. The van der Waals surface area contributed by atoms with E-state index in [1.165, 1.54) is 0 Å². The van der Waals surface area contributed by atoms with E-state index in [9.17, 15) is 4.79 Å². The van der Waals surface area contributed by atoms with Gasteiger partial charge in [-0.25, -0.2) is 0 Å². The second kappa shape index (κ2) is 5.76. The number of benzene rings is 1. The molecule has 0 saturated heterocycles. The number of hydrogen-bond donors (Lipinski definition) is 1. The van der Waals surface area contributed by atoms with Gasteiger partial charge in [-0.3, -0.25) is 9.78 Å². The van der Waals surface area contributed by atoms with Crippen LogP contribution in [0.15, 0.2) is 36.4 Å². The SMILES string of the molecule is Nc1cc2c(nn1)CCN(C(=O)c1cc(C3CC3)nc3ccccc13)C2. The van der Waals surface area contributed by atoms with Crippen molar-refractivity contribution in [3.05, 3.63) is 58.9 Å². The number of anilines is 1. The van der Waals surface area contributed by atoms with Gasteiger partial charge in [-0.15, -0.1) is 5.10 Å². The highest BCUT2D eigenvalue weighted by Crippen LogP contribution is 2.40. The summed E-state index contributed by atoms with van der Waals surface area (Å²) in [6.07, 6.45) is 3.02. The number of hydrogen-bond acceptors (Lipinski definition) is 5. The zero-order valence-corrected chi connectivity index (χ0v) is 14.4. The predicted molar refractivity (Wildman–Crippen MR) is 98.6 cm³/mol. The van der Waals surface area contributed by atoms with Crippen molar-refractivity contribution in [1.29, 1.82) is 0 Å². The fraction of sp³-hybridized carbons (Fsp3) is 0.300. The number of rotatable bonds is 2. The molecular formula is C20H19N5O. The molecule has 26 heavy (non-hydrogen) atoms. The van der Waals surface area contributed by atoms with Crippen LogP contribution in [0.5, 0.6) is 0 Å². The third kappa shape index (κ3) is 2.58. The standard InChI is InChI=1S/C20H19N5O/c21-19-9-13-11-25(8-7-16(13)23-24-19)20(26)15-10-18(12-5-6-12)22-17-4-2-1-3-14(15)17/h1-4,9-10,12H,5-8,11H2,(H2,21,24). The summed E-state index contributed by atoms with van der Waals surface area (Å²) in [5.74, 6) is 0.943. The van der Waals surface area contributed by atoms with Gasteiger partial charge in [0, 0.05) is 36.5 Å². The van der Waals surface area contributed by atoms with E-state index in [2.05, 4.69) is 10.2 Å². The van der Waals surface area contributed by atoms with Gasteiger partial charge in [-0.05, 0) is 36.6 Å². The summed E-state index contributed by atoms with van der Waals surface area (Å²) in [7, 11) is 0. The van der Waals surface area contributed by atoms with Gasteiger partial charge in [0.05, 0.1) is 16.8 Å². The van der Waals surface area contributed by atoms with Crippen LogP contribution in [-0.2, 0) is 13.0 Å². The van der Waals surface area contributed by atoms with E-state index < -0.39 is 0 Å². The molecule has 1 saturated carbocycles. The number of carbonyl (C=O) groups excluding carboxylic acids is 1. The van der Waals surface area contributed by atoms with Crippen molar-refractivity contribution in [1.82, 2.24) is 20.1 Å². The summed E-state index contributed by atoms with van der Waals surface area (Å²) in [6.45, 7) is 1.16. The monoisotopic (exact) mass is 345 g/mol. The van der Waals surface area contributed by atoms with Crippen molar-refractivity contribution >= 4 is 22.6 Å². The average molecular weight is 345 g/mol. The number of nitrogens with zero attached hydrogens (tertiary/aromatic N) is 4. The molecule has 0 spiro atoms. The van der Waals surface area contributed by atoms with E-state index in [4.69, 9.17) is 10.7 Å². The number of amides is 1. The number of nitrogens with two attached hydrogens (primary N) is 1. The predicted octanol–water partition coefficient (Wildman–Crippen LogP) is 2.68. The lowest BCUT2D eigenvalue weighted by Gasteiger charge is -2.28. The lowest BCUT2D eigenvalue weighted by atomic mass is 10.0. The van der Waals surface area contributed by atoms with E-state index in [-0.39, 0.29) is 5.91 Å². The molecule has 1 aromatic carbocycles. The minimum Gasteiger partial charge on any atom is -0.382 e. The third-order valence-electron chi connectivity index (χ3n) is 5.21. The largest absolute Gasteiger partial charge is 0.382 e. The minimum atomic E-state index is 0.0477. The molecule has 6 nitrogen and oxygen atoms in total. The van der Waals surface area contributed by atoms with Gasteiger partial charge in [0.25, 0.3) is 5.91 Å². The molecule has 3 aromatic rings. The molecule has 0 bridgehead atoms. The molecule has 2 N–H and O–H groups in total. The maximum atomic E-state index is 13.3. The first-order valence-electron chi connectivity index (χ1n) is 8.99. The van der Waals surface area contributed by atoms with Gasteiger partial charge in [0.2, 0.25) is 0 Å². The first-order valence-corrected chi connectivity index (χ1v) is 8.99. The van der Waals surface area contributed by atoms with E-state index in [1.54, 1.807) is 0 Å². The van der Waals surface area contributed by atoms with Crippen LogP contribution in [0.4, 0.5) is 5.82 Å². The van der Waals surface area contributed by atoms with Crippen LogP contribution in [0.2, 0.25) is 0 Å². The summed E-state index contributed by atoms with van der Waals surface area (Å²) in [5.41, 5.74) is 10.4.